The zero-order chi connectivity index (χ0) is 15.0. The fourth-order valence-electron chi connectivity index (χ4n) is 2.01. The number of aryl methyl sites for hydroxylation is 1. The third-order valence-electron chi connectivity index (χ3n) is 4.16. The lowest BCUT2D eigenvalue weighted by atomic mass is 9.77. The van der Waals surface area contributed by atoms with Crippen LogP contribution in [-0.4, -0.2) is 35.0 Å². The van der Waals surface area contributed by atoms with Crippen molar-refractivity contribution >= 4 is 13.2 Å². The lowest BCUT2D eigenvalue weighted by Crippen LogP contribution is -2.41. The van der Waals surface area contributed by atoms with Crippen molar-refractivity contribution in [2.75, 3.05) is 6.61 Å². The average Bonchev–Trinajstić information content (AvgIpc) is 2.57. The minimum absolute atomic E-state index is 0.106. The van der Waals surface area contributed by atoms with Gasteiger partial charge in [-0.15, -0.1) is 0 Å². The van der Waals surface area contributed by atoms with Crippen molar-refractivity contribution in [3.05, 3.63) is 35.1 Å². The van der Waals surface area contributed by atoms with Crippen LogP contribution in [0.5, 0.6) is 0 Å². The molecule has 2 heterocycles. The summed E-state index contributed by atoms with van der Waals surface area (Å²) in [7, 11) is -0.524. The third-order valence-corrected chi connectivity index (χ3v) is 4.16. The maximum absolute atomic E-state index is 9.63. The molecule has 0 aliphatic carbocycles. The van der Waals surface area contributed by atoms with E-state index in [9.17, 15) is 5.11 Å². The van der Waals surface area contributed by atoms with Crippen LogP contribution in [0.4, 0.5) is 0 Å². The summed E-state index contributed by atoms with van der Waals surface area (Å²) in [5, 5.41) is 9.63. The number of aliphatic hydroxyl groups excluding tert-OH is 1. The van der Waals surface area contributed by atoms with Crippen molar-refractivity contribution < 1.29 is 14.4 Å². The van der Waals surface area contributed by atoms with Gasteiger partial charge in [0.05, 0.1) is 17.8 Å². The molecule has 2 rings (SSSR count). The van der Waals surface area contributed by atoms with E-state index in [1.54, 1.807) is 12.4 Å². The highest BCUT2D eigenvalue weighted by atomic mass is 16.7. The van der Waals surface area contributed by atoms with E-state index in [-0.39, 0.29) is 6.61 Å². The van der Waals surface area contributed by atoms with Crippen molar-refractivity contribution in [1.82, 2.24) is 4.98 Å². The van der Waals surface area contributed by atoms with E-state index in [0.717, 1.165) is 11.1 Å². The molecular formula is C15H22BNO3. The first-order valence-electron chi connectivity index (χ1n) is 6.84. The smallest absolute Gasteiger partial charge is 0.400 e. The zero-order valence-electron chi connectivity index (χ0n) is 12.8. The Labute approximate surface area is 121 Å². The van der Waals surface area contributed by atoms with Gasteiger partial charge in [-0.1, -0.05) is 6.08 Å². The topological polar surface area (TPSA) is 51.6 Å². The Morgan fingerprint density at radius 1 is 1.30 bits per heavy atom. The first-order chi connectivity index (χ1) is 9.27. The van der Waals surface area contributed by atoms with Gasteiger partial charge in [-0.3, -0.25) is 4.98 Å². The molecule has 1 aliphatic heterocycles. The molecule has 1 saturated heterocycles. The number of nitrogens with zero attached hydrogens (tertiary/aromatic N) is 1. The summed E-state index contributed by atoms with van der Waals surface area (Å²) in [5.41, 5.74) is 1.96. The lowest BCUT2D eigenvalue weighted by Gasteiger charge is -2.32. The molecule has 1 aromatic rings. The fraction of sp³-hybridized carbons (Fsp3) is 0.533. The zero-order valence-corrected chi connectivity index (χ0v) is 12.8. The second-order valence-corrected chi connectivity index (χ2v) is 6.20. The van der Waals surface area contributed by atoms with Crippen molar-refractivity contribution in [1.29, 1.82) is 0 Å². The Bertz CT molecular complexity index is 510. The predicted molar refractivity (Wildman–Crippen MR) is 80.1 cm³/mol. The Hall–Kier alpha value is -1.17. The maximum Gasteiger partial charge on any atom is 0.492 e. The van der Waals surface area contributed by atoms with Crippen LogP contribution >= 0.6 is 0 Å². The van der Waals surface area contributed by atoms with Crippen LogP contribution in [0.25, 0.3) is 6.08 Å². The van der Waals surface area contributed by atoms with Crippen molar-refractivity contribution in [2.24, 2.45) is 0 Å². The molecule has 1 aliphatic rings. The van der Waals surface area contributed by atoms with Crippen LogP contribution in [0.2, 0.25) is 0 Å². The highest BCUT2D eigenvalue weighted by Crippen LogP contribution is 2.38. The molecule has 0 unspecified atom stereocenters. The minimum atomic E-state index is -0.524. The number of aliphatic hydroxyl groups is 1. The molecule has 5 heteroatoms. The fourth-order valence-corrected chi connectivity index (χ4v) is 2.01. The number of hydrogen-bond donors (Lipinski definition) is 1. The van der Waals surface area contributed by atoms with Crippen molar-refractivity contribution in [3.8, 4) is 0 Å². The second kappa shape index (κ2) is 5.32. The van der Waals surface area contributed by atoms with E-state index < -0.39 is 18.3 Å². The van der Waals surface area contributed by atoms with E-state index in [2.05, 4.69) is 4.98 Å². The molecule has 1 aromatic heterocycles. The standard InChI is InChI=1S/C15H22BNO3/c1-11-6-7-17-9-12(11)8-13(10-18)16-19-14(2,3)15(4,5)20-16/h6-9,18H,10H2,1-5H3. The van der Waals surface area contributed by atoms with Crippen LogP contribution in [0.15, 0.2) is 23.9 Å². The number of aromatic nitrogens is 1. The van der Waals surface area contributed by atoms with Gasteiger partial charge < -0.3 is 14.4 Å². The number of rotatable bonds is 3. The van der Waals surface area contributed by atoms with Crippen LogP contribution in [0.3, 0.4) is 0 Å². The van der Waals surface area contributed by atoms with Gasteiger partial charge in [-0.25, -0.2) is 0 Å². The van der Waals surface area contributed by atoms with Crippen LogP contribution < -0.4 is 0 Å². The quantitative estimate of drug-likeness (QED) is 0.860. The molecular weight excluding hydrogens is 253 g/mol. The van der Waals surface area contributed by atoms with E-state index in [4.69, 9.17) is 9.31 Å². The predicted octanol–water partition coefficient (Wildman–Crippen LogP) is 2.40. The highest BCUT2D eigenvalue weighted by molar-refractivity contribution is 6.55. The first kappa shape index (κ1) is 15.2. The van der Waals surface area contributed by atoms with Crippen molar-refractivity contribution in [3.63, 3.8) is 0 Å². The second-order valence-electron chi connectivity index (χ2n) is 6.20. The van der Waals surface area contributed by atoms with E-state index >= 15 is 0 Å². The van der Waals surface area contributed by atoms with Crippen LogP contribution in [0.1, 0.15) is 38.8 Å². The Morgan fingerprint density at radius 3 is 2.40 bits per heavy atom. The van der Waals surface area contributed by atoms with E-state index in [0.29, 0.717) is 5.47 Å². The Kier molecular flexibility index (Phi) is 4.05. The monoisotopic (exact) mass is 275 g/mol. The molecule has 0 atom stereocenters. The number of pyridine rings is 1. The summed E-state index contributed by atoms with van der Waals surface area (Å²) >= 11 is 0. The SMILES string of the molecule is Cc1ccncc1C=C(CO)B1OC(C)(C)C(C)(C)O1. The van der Waals surface area contributed by atoms with E-state index in [1.807, 2.05) is 46.8 Å². The molecule has 4 nitrogen and oxygen atoms in total. The largest absolute Gasteiger partial charge is 0.492 e. The maximum atomic E-state index is 9.63. The molecule has 20 heavy (non-hydrogen) atoms. The van der Waals surface area contributed by atoms with Gasteiger partial charge in [-0.05, 0) is 57.3 Å². The van der Waals surface area contributed by atoms with Gasteiger partial charge in [0.2, 0.25) is 0 Å². The molecule has 0 spiro atoms. The van der Waals surface area contributed by atoms with Gasteiger partial charge in [-0.2, -0.15) is 0 Å². The molecule has 0 aromatic carbocycles. The molecule has 0 radical (unpaired) electrons. The lowest BCUT2D eigenvalue weighted by molar-refractivity contribution is 0.00578. The van der Waals surface area contributed by atoms with Gasteiger partial charge in [0.15, 0.2) is 0 Å². The molecule has 0 saturated carbocycles. The third kappa shape index (κ3) is 2.80. The summed E-state index contributed by atoms with van der Waals surface area (Å²) in [5.74, 6) is 0. The average molecular weight is 275 g/mol. The van der Waals surface area contributed by atoms with Gasteiger partial charge in [0.1, 0.15) is 0 Å². The van der Waals surface area contributed by atoms with E-state index in [1.165, 1.54) is 0 Å². The number of hydrogen-bond acceptors (Lipinski definition) is 4. The molecule has 0 amide bonds. The van der Waals surface area contributed by atoms with Gasteiger partial charge in [0, 0.05) is 12.4 Å². The summed E-state index contributed by atoms with van der Waals surface area (Å²) in [6.45, 7) is 9.89. The molecule has 108 valence electrons. The molecule has 1 N–H and O–H groups in total. The minimum Gasteiger partial charge on any atom is -0.400 e. The molecule has 0 bridgehead atoms. The normalized spacial score (nSPS) is 21.3. The summed E-state index contributed by atoms with van der Waals surface area (Å²) in [6, 6.07) is 1.94. The van der Waals surface area contributed by atoms with Gasteiger partial charge in [0.25, 0.3) is 0 Å². The van der Waals surface area contributed by atoms with Crippen LogP contribution in [0, 0.1) is 6.92 Å². The summed E-state index contributed by atoms with van der Waals surface area (Å²) in [6.07, 6.45) is 5.42. The van der Waals surface area contributed by atoms with Crippen molar-refractivity contribution in [2.45, 2.75) is 45.8 Å². The highest BCUT2D eigenvalue weighted by Gasteiger charge is 2.52. The Morgan fingerprint density at radius 2 is 1.90 bits per heavy atom. The molecule has 1 fully saturated rings. The first-order valence-corrected chi connectivity index (χ1v) is 6.84. The van der Waals surface area contributed by atoms with Crippen LogP contribution in [-0.2, 0) is 9.31 Å². The summed E-state index contributed by atoms with van der Waals surface area (Å²) < 4.78 is 11.9. The van der Waals surface area contributed by atoms with Gasteiger partial charge >= 0.3 is 7.12 Å². The summed E-state index contributed by atoms with van der Waals surface area (Å²) in [4.78, 5) is 4.11. The Balaban J connectivity index is 2.29.